The Hall–Kier alpha value is -4.28. The first-order chi connectivity index (χ1) is 17.3. The molecule has 0 spiro atoms. The summed E-state index contributed by atoms with van der Waals surface area (Å²) < 4.78 is 1.09. The fraction of sp³-hybridized carbons (Fsp3) is 0.0323. The third-order valence-corrected chi connectivity index (χ3v) is 7.17. The van der Waals surface area contributed by atoms with Crippen LogP contribution < -0.4 is 0 Å². The van der Waals surface area contributed by atoms with E-state index < -0.39 is 0 Å². The lowest BCUT2D eigenvalue weighted by molar-refractivity contribution is 0.477. The highest BCUT2D eigenvalue weighted by molar-refractivity contribution is 7.21. The number of aromatic nitrogens is 2. The van der Waals surface area contributed by atoms with Gasteiger partial charge in [0.2, 0.25) is 0 Å². The fourth-order valence-corrected chi connectivity index (χ4v) is 5.55. The molecular formula is C31H22N2OS. The SMILES string of the molecule is Oc1cccc(Cc2ccccc2)c1-c1nc2c(-c3cccc(-c4ccccn4)c3)cccc2s1. The number of rotatable bonds is 5. The second kappa shape index (κ2) is 9.16. The number of benzene rings is 4. The zero-order chi connectivity index (χ0) is 23.6. The van der Waals surface area contributed by atoms with E-state index in [2.05, 4.69) is 65.6 Å². The molecule has 0 fully saturated rings. The van der Waals surface area contributed by atoms with Crippen LogP contribution in [-0.2, 0) is 6.42 Å². The molecule has 0 radical (unpaired) electrons. The Labute approximate surface area is 208 Å². The van der Waals surface area contributed by atoms with Gasteiger partial charge in [-0.15, -0.1) is 11.3 Å². The smallest absolute Gasteiger partial charge is 0.128 e. The highest BCUT2D eigenvalue weighted by atomic mass is 32.1. The summed E-state index contributed by atoms with van der Waals surface area (Å²) in [5, 5.41) is 11.7. The minimum absolute atomic E-state index is 0.260. The molecule has 4 aromatic carbocycles. The predicted molar refractivity (Wildman–Crippen MR) is 145 cm³/mol. The first-order valence-corrected chi connectivity index (χ1v) is 12.3. The average Bonchev–Trinajstić information content (AvgIpc) is 3.34. The van der Waals surface area contributed by atoms with Crippen molar-refractivity contribution in [3.8, 4) is 38.7 Å². The van der Waals surface area contributed by atoms with Crippen LogP contribution in [-0.4, -0.2) is 15.1 Å². The van der Waals surface area contributed by atoms with E-state index in [1.54, 1.807) is 17.4 Å². The molecule has 2 heterocycles. The van der Waals surface area contributed by atoms with Gasteiger partial charge in [0.15, 0.2) is 0 Å². The topological polar surface area (TPSA) is 46.0 Å². The van der Waals surface area contributed by atoms with Crippen molar-refractivity contribution < 1.29 is 5.11 Å². The van der Waals surface area contributed by atoms with Crippen molar-refractivity contribution in [1.82, 2.24) is 9.97 Å². The molecule has 168 valence electrons. The second-order valence-corrected chi connectivity index (χ2v) is 9.47. The summed E-state index contributed by atoms with van der Waals surface area (Å²) in [4.78, 5) is 9.57. The van der Waals surface area contributed by atoms with Crippen molar-refractivity contribution in [1.29, 1.82) is 0 Å². The monoisotopic (exact) mass is 470 g/mol. The van der Waals surface area contributed by atoms with Gasteiger partial charge in [0.1, 0.15) is 10.8 Å². The minimum atomic E-state index is 0.260. The Balaban J connectivity index is 1.46. The van der Waals surface area contributed by atoms with Crippen LogP contribution in [0.4, 0.5) is 0 Å². The molecule has 4 heteroatoms. The number of aromatic hydroxyl groups is 1. The molecule has 35 heavy (non-hydrogen) atoms. The standard InChI is InChI=1S/C31H22N2OS/c34-27-16-7-13-24(19-21-9-2-1-3-10-21)29(27)31-33-30-25(14-8-17-28(30)35-31)22-11-6-12-23(20-22)26-15-4-5-18-32-26/h1-18,20,34H,19H2. The van der Waals surface area contributed by atoms with Crippen molar-refractivity contribution in [2.45, 2.75) is 6.42 Å². The number of thiazole rings is 1. The summed E-state index contributed by atoms with van der Waals surface area (Å²) in [6.45, 7) is 0. The lowest BCUT2D eigenvalue weighted by Crippen LogP contribution is -1.92. The van der Waals surface area contributed by atoms with Crippen LogP contribution in [0.3, 0.4) is 0 Å². The summed E-state index contributed by atoms with van der Waals surface area (Å²) in [7, 11) is 0. The van der Waals surface area contributed by atoms with Crippen LogP contribution in [0.1, 0.15) is 11.1 Å². The van der Waals surface area contributed by atoms with E-state index in [9.17, 15) is 5.11 Å². The van der Waals surface area contributed by atoms with Crippen molar-refractivity contribution in [3.63, 3.8) is 0 Å². The van der Waals surface area contributed by atoms with Gasteiger partial charge < -0.3 is 5.11 Å². The Bertz CT molecular complexity index is 1620. The Morgan fingerprint density at radius 1 is 0.714 bits per heavy atom. The maximum Gasteiger partial charge on any atom is 0.128 e. The maximum absolute atomic E-state index is 10.9. The normalized spacial score (nSPS) is 11.1. The van der Waals surface area contributed by atoms with Crippen LogP contribution in [0, 0.1) is 0 Å². The molecule has 0 saturated heterocycles. The number of fused-ring (bicyclic) bond motifs is 1. The zero-order valence-corrected chi connectivity index (χ0v) is 19.7. The van der Waals surface area contributed by atoms with Crippen molar-refractivity contribution in [3.05, 3.63) is 127 Å². The van der Waals surface area contributed by atoms with Gasteiger partial charge in [0.05, 0.1) is 21.5 Å². The number of hydrogen-bond donors (Lipinski definition) is 1. The molecule has 3 nitrogen and oxygen atoms in total. The largest absolute Gasteiger partial charge is 0.507 e. The molecule has 2 aromatic heterocycles. The third-order valence-electron chi connectivity index (χ3n) is 6.13. The van der Waals surface area contributed by atoms with Gasteiger partial charge in [-0.1, -0.05) is 78.9 Å². The van der Waals surface area contributed by atoms with E-state index in [0.717, 1.165) is 55.2 Å². The molecule has 1 N–H and O–H groups in total. The van der Waals surface area contributed by atoms with Crippen LogP contribution in [0.5, 0.6) is 5.75 Å². The van der Waals surface area contributed by atoms with E-state index in [1.807, 2.05) is 48.7 Å². The Morgan fingerprint density at radius 3 is 2.37 bits per heavy atom. The van der Waals surface area contributed by atoms with E-state index in [1.165, 1.54) is 5.56 Å². The predicted octanol–water partition coefficient (Wildman–Crippen LogP) is 7.99. The summed E-state index contributed by atoms with van der Waals surface area (Å²) in [5.41, 5.74) is 8.20. The Kier molecular flexibility index (Phi) is 5.57. The van der Waals surface area contributed by atoms with Gasteiger partial charge in [0, 0.05) is 17.3 Å². The van der Waals surface area contributed by atoms with Crippen molar-refractivity contribution in [2.24, 2.45) is 0 Å². The molecule has 6 rings (SSSR count). The van der Waals surface area contributed by atoms with Crippen LogP contribution in [0.15, 0.2) is 115 Å². The molecule has 0 atom stereocenters. The highest BCUT2D eigenvalue weighted by Crippen LogP contribution is 2.41. The van der Waals surface area contributed by atoms with Crippen LogP contribution >= 0.6 is 11.3 Å². The first-order valence-electron chi connectivity index (χ1n) is 11.5. The summed E-state index contributed by atoms with van der Waals surface area (Å²) in [6, 6.07) is 36.7. The maximum atomic E-state index is 10.9. The van der Waals surface area contributed by atoms with Gasteiger partial charge in [-0.3, -0.25) is 4.98 Å². The van der Waals surface area contributed by atoms with Gasteiger partial charge >= 0.3 is 0 Å². The minimum Gasteiger partial charge on any atom is -0.507 e. The highest BCUT2D eigenvalue weighted by Gasteiger charge is 2.17. The van der Waals surface area contributed by atoms with E-state index in [0.29, 0.717) is 0 Å². The zero-order valence-electron chi connectivity index (χ0n) is 18.9. The van der Waals surface area contributed by atoms with Crippen molar-refractivity contribution in [2.75, 3.05) is 0 Å². The number of hydrogen-bond acceptors (Lipinski definition) is 4. The molecule has 0 aliphatic heterocycles. The molecule has 0 saturated carbocycles. The van der Waals surface area contributed by atoms with Gasteiger partial charge in [-0.25, -0.2) is 4.98 Å². The average molecular weight is 471 g/mol. The molecule has 0 amide bonds. The van der Waals surface area contributed by atoms with E-state index >= 15 is 0 Å². The van der Waals surface area contributed by atoms with Crippen LogP contribution in [0.2, 0.25) is 0 Å². The number of para-hydroxylation sites is 1. The molecule has 0 bridgehead atoms. The quantitative estimate of drug-likeness (QED) is 0.278. The van der Waals surface area contributed by atoms with Gasteiger partial charge in [-0.2, -0.15) is 0 Å². The first kappa shape index (κ1) is 21.3. The van der Waals surface area contributed by atoms with E-state index in [4.69, 9.17) is 4.98 Å². The number of phenols is 1. The molecular weight excluding hydrogens is 448 g/mol. The number of pyridine rings is 1. The summed E-state index contributed by atoms with van der Waals surface area (Å²) >= 11 is 1.62. The third kappa shape index (κ3) is 4.20. The van der Waals surface area contributed by atoms with E-state index in [-0.39, 0.29) is 5.75 Å². The van der Waals surface area contributed by atoms with Gasteiger partial charge in [-0.05, 0) is 53.4 Å². The lowest BCUT2D eigenvalue weighted by atomic mass is 9.99. The number of nitrogens with zero attached hydrogens (tertiary/aromatic N) is 2. The van der Waals surface area contributed by atoms with Crippen LogP contribution in [0.25, 0.3) is 43.2 Å². The summed E-state index contributed by atoms with van der Waals surface area (Å²) in [6.07, 6.45) is 2.55. The second-order valence-electron chi connectivity index (χ2n) is 8.44. The molecule has 0 unspecified atom stereocenters. The fourth-order valence-electron chi connectivity index (χ4n) is 4.46. The lowest BCUT2D eigenvalue weighted by Gasteiger charge is -2.09. The molecule has 6 aromatic rings. The Morgan fingerprint density at radius 2 is 1.51 bits per heavy atom. The van der Waals surface area contributed by atoms with Crippen molar-refractivity contribution >= 4 is 21.6 Å². The summed E-state index contributed by atoms with van der Waals surface area (Å²) in [5.74, 6) is 0.260. The molecule has 0 aliphatic carbocycles. The van der Waals surface area contributed by atoms with Gasteiger partial charge in [0.25, 0.3) is 0 Å². The molecule has 0 aliphatic rings. The number of phenolic OH excluding ortho intramolecular Hbond substituents is 1.